The zero-order chi connectivity index (χ0) is 20.4. The maximum atomic E-state index is 13.2. The molecule has 0 aromatic heterocycles. The van der Waals surface area contributed by atoms with E-state index >= 15 is 0 Å². The lowest BCUT2D eigenvalue weighted by Gasteiger charge is -2.45. The van der Waals surface area contributed by atoms with Gasteiger partial charge in [0, 0.05) is 30.6 Å². The minimum Gasteiger partial charge on any atom is -0.496 e. The summed E-state index contributed by atoms with van der Waals surface area (Å²) in [5, 5.41) is 0.508. The van der Waals surface area contributed by atoms with Crippen LogP contribution in [0, 0.1) is 5.92 Å². The summed E-state index contributed by atoms with van der Waals surface area (Å²) in [6.45, 7) is 2.48. The Bertz CT molecular complexity index is 761. The second kappa shape index (κ2) is 8.92. The van der Waals surface area contributed by atoms with Crippen molar-refractivity contribution in [2.75, 3.05) is 33.4 Å². The van der Waals surface area contributed by atoms with Crippen molar-refractivity contribution in [1.29, 1.82) is 0 Å². The van der Waals surface area contributed by atoms with Crippen LogP contribution in [0.15, 0.2) is 18.2 Å². The molecule has 0 spiro atoms. The zero-order valence-electron chi connectivity index (χ0n) is 16.9. The van der Waals surface area contributed by atoms with Gasteiger partial charge in [-0.1, -0.05) is 24.4 Å². The number of morpholine rings is 1. The van der Waals surface area contributed by atoms with E-state index in [-0.39, 0.29) is 29.9 Å². The van der Waals surface area contributed by atoms with Crippen molar-refractivity contribution in [3.05, 3.63) is 28.8 Å². The third-order valence-electron chi connectivity index (χ3n) is 6.54. The normalized spacial score (nSPS) is 25.4. The molecular weight excluding hydrogens is 392 g/mol. The topological polar surface area (TPSA) is 59.1 Å². The molecule has 158 valence electrons. The fourth-order valence-corrected chi connectivity index (χ4v) is 5.12. The molecule has 0 radical (unpaired) electrons. The standard InChI is InChI=1S/C22H29ClN2O4/c1-28-19-7-6-16(23)14-17(19)22(27)24-10-8-15(9-11-24)21(26)25-12-13-29-20-5-3-2-4-18(20)25/h6-7,14-15,18,20H,2-5,8-13H2,1H3. The number of hydrogen-bond donors (Lipinski definition) is 0. The molecule has 4 rings (SSSR count). The van der Waals surface area contributed by atoms with E-state index in [0.717, 1.165) is 12.8 Å². The Kier molecular flexibility index (Phi) is 6.30. The first kappa shape index (κ1) is 20.5. The highest BCUT2D eigenvalue weighted by atomic mass is 35.5. The quantitative estimate of drug-likeness (QED) is 0.752. The SMILES string of the molecule is COc1ccc(Cl)cc1C(=O)N1CCC(C(=O)N2CCOC3CCCCC32)CC1. The van der Waals surface area contributed by atoms with E-state index in [4.69, 9.17) is 21.1 Å². The van der Waals surface area contributed by atoms with Crippen LogP contribution in [0.5, 0.6) is 5.75 Å². The van der Waals surface area contributed by atoms with E-state index in [2.05, 4.69) is 4.90 Å². The zero-order valence-corrected chi connectivity index (χ0v) is 17.7. The number of ether oxygens (including phenoxy) is 2. The Balaban J connectivity index is 1.38. The van der Waals surface area contributed by atoms with E-state index in [9.17, 15) is 9.59 Å². The lowest BCUT2D eigenvalue weighted by molar-refractivity contribution is -0.155. The van der Waals surface area contributed by atoms with E-state index in [1.165, 1.54) is 12.8 Å². The highest BCUT2D eigenvalue weighted by molar-refractivity contribution is 6.31. The molecule has 2 amide bonds. The Hall–Kier alpha value is -1.79. The van der Waals surface area contributed by atoms with Crippen molar-refractivity contribution in [2.45, 2.75) is 50.7 Å². The number of fused-ring (bicyclic) bond motifs is 1. The second-order valence-electron chi connectivity index (χ2n) is 8.20. The molecular formula is C22H29ClN2O4. The van der Waals surface area contributed by atoms with Crippen LogP contribution in [0.4, 0.5) is 0 Å². The van der Waals surface area contributed by atoms with Crippen LogP contribution in [0.3, 0.4) is 0 Å². The van der Waals surface area contributed by atoms with E-state index in [1.807, 2.05) is 0 Å². The van der Waals surface area contributed by atoms with Crippen LogP contribution in [-0.4, -0.2) is 67.1 Å². The van der Waals surface area contributed by atoms with Gasteiger partial charge in [-0.05, 0) is 43.9 Å². The average molecular weight is 421 g/mol. The minimum atomic E-state index is -0.0889. The molecule has 1 aromatic rings. The van der Waals surface area contributed by atoms with Gasteiger partial charge < -0.3 is 19.3 Å². The third-order valence-corrected chi connectivity index (χ3v) is 6.77. The summed E-state index contributed by atoms with van der Waals surface area (Å²) in [4.78, 5) is 30.1. The number of likely N-dealkylation sites (tertiary alicyclic amines) is 1. The largest absolute Gasteiger partial charge is 0.496 e. The number of hydrogen-bond acceptors (Lipinski definition) is 4. The van der Waals surface area contributed by atoms with Gasteiger partial charge in [0.25, 0.3) is 5.91 Å². The van der Waals surface area contributed by atoms with Gasteiger partial charge in [0.05, 0.1) is 31.4 Å². The van der Waals surface area contributed by atoms with Gasteiger partial charge in [0.1, 0.15) is 5.75 Å². The van der Waals surface area contributed by atoms with Crippen molar-refractivity contribution >= 4 is 23.4 Å². The van der Waals surface area contributed by atoms with Gasteiger partial charge in [-0.15, -0.1) is 0 Å². The van der Waals surface area contributed by atoms with E-state index < -0.39 is 0 Å². The smallest absolute Gasteiger partial charge is 0.257 e. The Morgan fingerprint density at radius 2 is 1.86 bits per heavy atom. The van der Waals surface area contributed by atoms with Crippen LogP contribution in [0.25, 0.3) is 0 Å². The number of rotatable bonds is 3. The number of halogens is 1. The Morgan fingerprint density at radius 3 is 2.62 bits per heavy atom. The molecule has 1 aromatic carbocycles. The van der Waals surface area contributed by atoms with Gasteiger partial charge >= 0.3 is 0 Å². The lowest BCUT2D eigenvalue weighted by atomic mass is 9.88. The predicted octanol–water partition coefficient (Wildman–Crippen LogP) is 3.37. The van der Waals surface area contributed by atoms with Gasteiger partial charge in [-0.25, -0.2) is 0 Å². The molecule has 3 aliphatic rings. The van der Waals surface area contributed by atoms with Gasteiger partial charge in [-0.2, -0.15) is 0 Å². The number of nitrogens with zero attached hydrogens (tertiary/aromatic N) is 2. The fourth-order valence-electron chi connectivity index (χ4n) is 4.95. The number of carbonyl (C=O) groups is 2. The maximum Gasteiger partial charge on any atom is 0.257 e. The molecule has 6 nitrogen and oxygen atoms in total. The first-order valence-electron chi connectivity index (χ1n) is 10.6. The summed E-state index contributed by atoms with van der Waals surface area (Å²) in [5.41, 5.74) is 0.475. The van der Waals surface area contributed by atoms with E-state index in [1.54, 1.807) is 30.2 Å². The second-order valence-corrected chi connectivity index (χ2v) is 8.64. The minimum absolute atomic E-state index is 0.0130. The summed E-state index contributed by atoms with van der Waals surface area (Å²) < 4.78 is 11.2. The first-order chi connectivity index (χ1) is 14.1. The van der Waals surface area contributed by atoms with Gasteiger partial charge in [-0.3, -0.25) is 9.59 Å². The molecule has 0 N–H and O–H groups in total. The van der Waals surface area contributed by atoms with Crippen LogP contribution in [0.1, 0.15) is 48.9 Å². The molecule has 1 aliphatic carbocycles. The molecule has 1 saturated carbocycles. The van der Waals surface area contributed by atoms with Gasteiger partial charge in [0.2, 0.25) is 5.91 Å². The van der Waals surface area contributed by atoms with Crippen molar-refractivity contribution in [3.8, 4) is 5.75 Å². The van der Waals surface area contributed by atoms with Gasteiger partial charge in [0.15, 0.2) is 0 Å². The molecule has 2 unspecified atom stereocenters. The molecule has 2 aliphatic heterocycles. The molecule has 7 heteroatoms. The number of methoxy groups -OCH3 is 1. The molecule has 2 saturated heterocycles. The maximum absolute atomic E-state index is 13.2. The van der Waals surface area contributed by atoms with Crippen molar-refractivity contribution in [1.82, 2.24) is 9.80 Å². The highest BCUT2D eigenvalue weighted by Gasteiger charge is 2.40. The number of carbonyl (C=O) groups excluding carboxylic acids is 2. The summed E-state index contributed by atoms with van der Waals surface area (Å²) >= 11 is 6.08. The van der Waals surface area contributed by atoms with Crippen molar-refractivity contribution in [3.63, 3.8) is 0 Å². The van der Waals surface area contributed by atoms with Crippen molar-refractivity contribution < 1.29 is 19.1 Å². The van der Waals surface area contributed by atoms with Crippen LogP contribution < -0.4 is 4.74 Å². The average Bonchev–Trinajstić information content (AvgIpc) is 2.78. The van der Waals surface area contributed by atoms with Crippen LogP contribution >= 0.6 is 11.6 Å². The molecule has 2 heterocycles. The molecule has 2 atom stereocenters. The fraction of sp³-hybridized carbons (Fsp3) is 0.636. The first-order valence-corrected chi connectivity index (χ1v) is 11.0. The number of benzene rings is 1. The van der Waals surface area contributed by atoms with Crippen molar-refractivity contribution in [2.24, 2.45) is 5.92 Å². The summed E-state index contributed by atoms with van der Waals surface area (Å²) in [7, 11) is 1.55. The number of amides is 2. The molecule has 29 heavy (non-hydrogen) atoms. The Morgan fingerprint density at radius 1 is 1.10 bits per heavy atom. The van der Waals surface area contributed by atoms with Crippen LogP contribution in [0.2, 0.25) is 5.02 Å². The third kappa shape index (κ3) is 4.24. The summed E-state index contributed by atoms with van der Waals surface area (Å²) in [6, 6.07) is 5.31. The monoisotopic (exact) mass is 420 g/mol. The molecule has 3 fully saturated rings. The molecule has 0 bridgehead atoms. The highest BCUT2D eigenvalue weighted by Crippen LogP contribution is 2.32. The number of piperidine rings is 1. The Labute approximate surface area is 177 Å². The van der Waals surface area contributed by atoms with E-state index in [0.29, 0.717) is 55.4 Å². The van der Waals surface area contributed by atoms with Crippen LogP contribution in [-0.2, 0) is 9.53 Å². The predicted molar refractivity (Wildman–Crippen MR) is 110 cm³/mol. The summed E-state index contributed by atoms with van der Waals surface area (Å²) in [6.07, 6.45) is 6.06. The lowest BCUT2D eigenvalue weighted by Crippen LogP contribution is -2.57. The summed E-state index contributed by atoms with van der Waals surface area (Å²) in [5.74, 6) is 0.668.